The zero-order valence-corrected chi connectivity index (χ0v) is 16.4. The first-order chi connectivity index (χ1) is 12.8. The summed E-state index contributed by atoms with van der Waals surface area (Å²) in [6, 6.07) is 11.3. The summed E-state index contributed by atoms with van der Waals surface area (Å²) < 4.78 is 0.918. The lowest BCUT2D eigenvalue weighted by molar-refractivity contribution is -0.384. The number of rotatable bonds is 6. The van der Waals surface area contributed by atoms with Crippen LogP contribution >= 0.6 is 15.9 Å². The maximum Gasteiger partial charge on any atom is 0.269 e. The smallest absolute Gasteiger partial charge is 0.269 e. The minimum absolute atomic E-state index is 0.0181. The summed E-state index contributed by atoms with van der Waals surface area (Å²) in [5.41, 5.74) is 2.23. The van der Waals surface area contributed by atoms with Crippen LogP contribution in [0.3, 0.4) is 0 Å². The van der Waals surface area contributed by atoms with Gasteiger partial charge < -0.3 is 10.2 Å². The molecule has 27 heavy (non-hydrogen) atoms. The van der Waals surface area contributed by atoms with Crippen LogP contribution in [-0.2, 0) is 9.59 Å². The highest BCUT2D eigenvalue weighted by molar-refractivity contribution is 9.10. The van der Waals surface area contributed by atoms with Crippen molar-refractivity contribution in [2.24, 2.45) is 0 Å². The molecule has 0 aromatic heterocycles. The number of hydrogen-bond acceptors (Lipinski definition) is 4. The molecule has 0 aliphatic heterocycles. The maximum atomic E-state index is 12.1. The fraction of sp³-hybridized carbons (Fsp3) is 0.158. The number of nitro groups is 1. The quantitative estimate of drug-likeness (QED) is 0.427. The predicted octanol–water partition coefficient (Wildman–Crippen LogP) is 3.78. The molecule has 8 heteroatoms. The molecule has 2 aromatic carbocycles. The summed E-state index contributed by atoms with van der Waals surface area (Å²) in [5, 5.41) is 13.4. The third-order valence-corrected chi connectivity index (χ3v) is 4.24. The molecular weight excluding hydrogens is 414 g/mol. The number of aryl methyl sites for hydroxylation is 1. The van der Waals surface area contributed by atoms with Crippen molar-refractivity contribution in [2.75, 3.05) is 18.9 Å². The lowest BCUT2D eigenvalue weighted by Gasteiger charge is -2.15. The van der Waals surface area contributed by atoms with Gasteiger partial charge in [-0.25, -0.2) is 0 Å². The van der Waals surface area contributed by atoms with Crippen LogP contribution in [0.5, 0.6) is 0 Å². The second kappa shape index (κ2) is 9.09. The van der Waals surface area contributed by atoms with Crippen molar-refractivity contribution in [1.29, 1.82) is 0 Å². The van der Waals surface area contributed by atoms with Crippen molar-refractivity contribution in [3.05, 3.63) is 74.3 Å². The van der Waals surface area contributed by atoms with Crippen LogP contribution in [0, 0.1) is 17.0 Å². The number of benzene rings is 2. The van der Waals surface area contributed by atoms with Gasteiger partial charge in [0.2, 0.25) is 11.8 Å². The SMILES string of the molecule is Cc1cc(Br)ccc1NC(=O)CN(C)C(=O)/C=C/c1ccc([N+](=O)[O-])cc1. The first kappa shape index (κ1) is 20.3. The lowest BCUT2D eigenvalue weighted by atomic mass is 10.2. The molecule has 0 heterocycles. The number of anilines is 1. The molecule has 1 N–H and O–H groups in total. The molecule has 0 atom stereocenters. The Morgan fingerprint density at radius 3 is 2.48 bits per heavy atom. The van der Waals surface area contributed by atoms with Crippen LogP contribution in [0.2, 0.25) is 0 Å². The summed E-state index contributed by atoms with van der Waals surface area (Å²) in [5.74, 6) is -0.656. The number of hydrogen-bond donors (Lipinski definition) is 1. The molecular formula is C19H18BrN3O4. The summed E-state index contributed by atoms with van der Waals surface area (Å²) in [4.78, 5) is 35.7. The van der Waals surface area contributed by atoms with Gasteiger partial charge in [0.25, 0.3) is 5.69 Å². The van der Waals surface area contributed by atoms with E-state index in [1.54, 1.807) is 24.3 Å². The van der Waals surface area contributed by atoms with Crippen LogP contribution in [-0.4, -0.2) is 35.2 Å². The van der Waals surface area contributed by atoms with Crippen LogP contribution in [0.25, 0.3) is 6.08 Å². The van der Waals surface area contributed by atoms with Gasteiger partial charge in [-0.05, 0) is 54.5 Å². The van der Waals surface area contributed by atoms with E-state index in [0.717, 1.165) is 10.0 Å². The number of likely N-dealkylation sites (N-methyl/N-ethyl adjacent to an activating group) is 1. The third kappa shape index (κ3) is 6.03. The van der Waals surface area contributed by atoms with E-state index in [9.17, 15) is 19.7 Å². The van der Waals surface area contributed by atoms with Crippen LogP contribution < -0.4 is 5.32 Å². The van der Waals surface area contributed by atoms with E-state index in [0.29, 0.717) is 11.3 Å². The molecule has 0 aliphatic carbocycles. The minimum Gasteiger partial charge on any atom is -0.333 e. The summed E-state index contributed by atoms with van der Waals surface area (Å²) in [7, 11) is 1.52. The molecule has 2 aromatic rings. The number of carbonyl (C=O) groups is 2. The topological polar surface area (TPSA) is 92.6 Å². The second-order valence-corrected chi connectivity index (χ2v) is 6.80. The number of nitrogens with one attached hydrogen (secondary N) is 1. The van der Waals surface area contributed by atoms with E-state index in [-0.39, 0.29) is 24.0 Å². The molecule has 0 bridgehead atoms. The van der Waals surface area contributed by atoms with Crippen LogP contribution in [0.4, 0.5) is 11.4 Å². The van der Waals surface area contributed by atoms with Gasteiger partial charge in [-0.15, -0.1) is 0 Å². The van der Waals surface area contributed by atoms with Crippen molar-refractivity contribution in [1.82, 2.24) is 4.90 Å². The van der Waals surface area contributed by atoms with E-state index in [1.165, 1.54) is 30.2 Å². The predicted molar refractivity (Wildman–Crippen MR) is 107 cm³/mol. The van der Waals surface area contributed by atoms with Gasteiger partial charge in [0, 0.05) is 35.4 Å². The van der Waals surface area contributed by atoms with E-state index in [4.69, 9.17) is 0 Å². The zero-order valence-electron chi connectivity index (χ0n) is 14.8. The van der Waals surface area contributed by atoms with Gasteiger partial charge in [0.05, 0.1) is 11.5 Å². The van der Waals surface area contributed by atoms with Gasteiger partial charge >= 0.3 is 0 Å². The zero-order chi connectivity index (χ0) is 20.0. The molecule has 0 saturated heterocycles. The largest absolute Gasteiger partial charge is 0.333 e. The number of amides is 2. The number of carbonyl (C=O) groups excluding carboxylic acids is 2. The van der Waals surface area contributed by atoms with Gasteiger partial charge in [-0.2, -0.15) is 0 Å². The average Bonchev–Trinajstić information content (AvgIpc) is 2.62. The Morgan fingerprint density at radius 1 is 1.22 bits per heavy atom. The third-order valence-electron chi connectivity index (χ3n) is 3.74. The first-order valence-electron chi connectivity index (χ1n) is 8.00. The molecule has 0 saturated carbocycles. The van der Waals surface area contributed by atoms with Crippen molar-refractivity contribution >= 4 is 45.2 Å². The van der Waals surface area contributed by atoms with Gasteiger partial charge in [0.15, 0.2) is 0 Å². The number of nitro benzene ring substituents is 1. The molecule has 2 amide bonds. The maximum absolute atomic E-state index is 12.1. The van der Waals surface area contributed by atoms with E-state index in [2.05, 4.69) is 21.2 Å². The molecule has 7 nitrogen and oxygen atoms in total. The Labute approximate surface area is 165 Å². The van der Waals surface area contributed by atoms with E-state index in [1.807, 2.05) is 19.1 Å². The lowest BCUT2D eigenvalue weighted by Crippen LogP contribution is -2.34. The molecule has 0 fully saturated rings. The van der Waals surface area contributed by atoms with Gasteiger partial charge in [-0.1, -0.05) is 15.9 Å². The first-order valence-corrected chi connectivity index (χ1v) is 8.79. The van der Waals surface area contributed by atoms with Crippen molar-refractivity contribution in [3.8, 4) is 0 Å². The van der Waals surface area contributed by atoms with Crippen LogP contribution in [0.15, 0.2) is 53.0 Å². The van der Waals surface area contributed by atoms with Crippen molar-refractivity contribution in [2.45, 2.75) is 6.92 Å². The summed E-state index contributed by atoms with van der Waals surface area (Å²) in [6.07, 6.45) is 2.86. The fourth-order valence-corrected chi connectivity index (χ4v) is 2.73. The van der Waals surface area contributed by atoms with Crippen molar-refractivity contribution < 1.29 is 14.5 Å². The number of nitrogens with zero attached hydrogens (tertiary/aromatic N) is 2. The Bertz CT molecular complexity index is 894. The summed E-state index contributed by atoms with van der Waals surface area (Å²) in [6.45, 7) is 1.78. The number of non-ortho nitro benzene ring substituents is 1. The Balaban J connectivity index is 1.92. The normalized spacial score (nSPS) is 10.6. The molecule has 0 aliphatic rings. The fourth-order valence-electron chi connectivity index (χ4n) is 2.25. The average molecular weight is 432 g/mol. The highest BCUT2D eigenvalue weighted by Gasteiger charge is 2.12. The van der Waals surface area contributed by atoms with Gasteiger partial charge in [0.1, 0.15) is 0 Å². The molecule has 0 unspecified atom stereocenters. The van der Waals surface area contributed by atoms with E-state index >= 15 is 0 Å². The van der Waals surface area contributed by atoms with E-state index < -0.39 is 4.92 Å². The molecule has 140 valence electrons. The van der Waals surface area contributed by atoms with Gasteiger partial charge in [-0.3, -0.25) is 19.7 Å². The minimum atomic E-state index is -0.488. The molecule has 0 radical (unpaired) electrons. The van der Waals surface area contributed by atoms with Crippen molar-refractivity contribution in [3.63, 3.8) is 0 Å². The highest BCUT2D eigenvalue weighted by atomic mass is 79.9. The Hall–Kier alpha value is -3.00. The van der Waals surface area contributed by atoms with Crippen LogP contribution in [0.1, 0.15) is 11.1 Å². The Morgan fingerprint density at radius 2 is 1.89 bits per heavy atom. The number of halogens is 1. The molecule has 2 rings (SSSR count). The Kier molecular flexibility index (Phi) is 6.84. The monoisotopic (exact) mass is 431 g/mol. The summed E-state index contributed by atoms with van der Waals surface area (Å²) >= 11 is 3.36. The highest BCUT2D eigenvalue weighted by Crippen LogP contribution is 2.20. The molecule has 0 spiro atoms. The second-order valence-electron chi connectivity index (χ2n) is 5.88. The standard InChI is InChI=1S/C19H18BrN3O4/c1-13-11-15(20)6-9-17(13)21-18(24)12-22(2)19(25)10-5-14-3-7-16(8-4-14)23(26)27/h3-11H,12H2,1-2H3,(H,21,24)/b10-5+.